The Morgan fingerprint density at radius 2 is 1.84 bits per heavy atom. The smallest absolute Gasteiger partial charge is 0.261 e. The Hall–Kier alpha value is -1.95. The van der Waals surface area contributed by atoms with Gasteiger partial charge in [-0.2, -0.15) is 0 Å². The van der Waals surface area contributed by atoms with Crippen LogP contribution >= 0.6 is 35.0 Å². The summed E-state index contributed by atoms with van der Waals surface area (Å²) in [7, 11) is 0. The fourth-order valence-corrected chi connectivity index (χ4v) is 5.89. The third-order valence-electron chi connectivity index (χ3n) is 5.73. The van der Waals surface area contributed by atoms with Crippen molar-refractivity contribution in [2.24, 2.45) is 0 Å². The number of benzene rings is 2. The van der Waals surface area contributed by atoms with E-state index in [-0.39, 0.29) is 24.4 Å². The van der Waals surface area contributed by atoms with Crippen LogP contribution in [0.4, 0.5) is 0 Å². The molecule has 2 fully saturated rings. The molecule has 0 aromatic heterocycles. The molecule has 0 bridgehead atoms. The van der Waals surface area contributed by atoms with E-state index in [1.54, 1.807) is 28.8 Å². The molecular weight excluding hydrogens is 451 g/mol. The topological polar surface area (TPSA) is 49.4 Å². The van der Waals surface area contributed by atoms with Gasteiger partial charge in [-0.1, -0.05) is 66.4 Å². The van der Waals surface area contributed by atoms with Crippen molar-refractivity contribution >= 4 is 52.9 Å². The van der Waals surface area contributed by atoms with Crippen molar-refractivity contribution in [2.75, 3.05) is 6.54 Å². The number of thioether (sulfide) groups is 1. The van der Waals surface area contributed by atoms with Gasteiger partial charge in [-0.05, 0) is 48.2 Å². The summed E-state index contributed by atoms with van der Waals surface area (Å²) >= 11 is 13.9. The average Bonchev–Trinajstić information content (AvgIpc) is 2.77. The highest BCUT2D eigenvalue weighted by Gasteiger charge is 2.41. The van der Waals surface area contributed by atoms with Gasteiger partial charge in [-0.15, -0.1) is 11.8 Å². The molecule has 0 radical (unpaired) electrons. The number of halogens is 2. The van der Waals surface area contributed by atoms with E-state index in [4.69, 9.17) is 23.2 Å². The second kappa shape index (κ2) is 10.1. The fraction of sp³-hybridized carbons (Fsp3) is 0.333. The van der Waals surface area contributed by atoms with Crippen molar-refractivity contribution in [3.05, 3.63) is 74.6 Å². The molecule has 1 aliphatic heterocycles. The van der Waals surface area contributed by atoms with Crippen LogP contribution in [0.15, 0.2) is 53.4 Å². The lowest BCUT2D eigenvalue weighted by Gasteiger charge is -2.43. The number of rotatable bonds is 5. The maximum atomic E-state index is 13.3. The highest BCUT2D eigenvalue weighted by molar-refractivity contribution is 8.04. The number of nitrogens with one attached hydrogen (secondary N) is 1. The van der Waals surface area contributed by atoms with Crippen LogP contribution in [0.5, 0.6) is 0 Å². The monoisotopic (exact) mass is 474 g/mol. The highest BCUT2D eigenvalue weighted by atomic mass is 35.5. The highest BCUT2D eigenvalue weighted by Crippen LogP contribution is 2.42. The van der Waals surface area contributed by atoms with Gasteiger partial charge in [0.25, 0.3) is 5.91 Å². The minimum atomic E-state index is -0.156. The third kappa shape index (κ3) is 5.46. The number of hydrogen-bond donors (Lipinski definition) is 1. The number of carbonyl (C=O) groups excluding carboxylic acids is 2. The predicted molar refractivity (Wildman–Crippen MR) is 128 cm³/mol. The summed E-state index contributed by atoms with van der Waals surface area (Å²) in [6.45, 7) is 0.469. The van der Waals surface area contributed by atoms with Crippen molar-refractivity contribution in [1.82, 2.24) is 10.2 Å². The number of amides is 2. The summed E-state index contributed by atoms with van der Waals surface area (Å²) < 4.78 is 0. The van der Waals surface area contributed by atoms with E-state index in [9.17, 15) is 9.59 Å². The van der Waals surface area contributed by atoms with E-state index in [2.05, 4.69) is 5.32 Å². The molecular formula is C24H24Cl2N2O2S. The van der Waals surface area contributed by atoms with E-state index in [0.29, 0.717) is 26.7 Å². The molecule has 2 amide bonds. The van der Waals surface area contributed by atoms with Crippen molar-refractivity contribution < 1.29 is 9.59 Å². The summed E-state index contributed by atoms with van der Waals surface area (Å²) in [5.74, 6) is -0.244. The molecule has 2 atom stereocenters. The van der Waals surface area contributed by atoms with E-state index in [1.165, 1.54) is 0 Å². The average molecular weight is 475 g/mol. The first-order chi connectivity index (χ1) is 15.0. The second-order valence-electron chi connectivity index (χ2n) is 7.87. The first kappa shape index (κ1) is 22.3. The molecule has 7 heteroatoms. The SMILES string of the molecule is O=C(CN1C(=O)/C(=C\c2ccccc2Cl)SC2CCCCC21)NCc1ccc(Cl)cc1. The van der Waals surface area contributed by atoms with Gasteiger partial charge < -0.3 is 10.2 Å². The Morgan fingerprint density at radius 1 is 1.10 bits per heavy atom. The summed E-state index contributed by atoms with van der Waals surface area (Å²) in [4.78, 5) is 28.5. The molecule has 2 unspecified atom stereocenters. The minimum absolute atomic E-state index is 0.0635. The first-order valence-corrected chi connectivity index (χ1v) is 12.1. The third-order valence-corrected chi connectivity index (χ3v) is 7.72. The largest absolute Gasteiger partial charge is 0.350 e. The quantitative estimate of drug-likeness (QED) is 0.578. The molecule has 2 aromatic carbocycles. The van der Waals surface area contributed by atoms with Crippen LogP contribution < -0.4 is 5.32 Å². The van der Waals surface area contributed by atoms with Gasteiger partial charge in [-0.25, -0.2) is 0 Å². The van der Waals surface area contributed by atoms with Crippen LogP contribution in [0.3, 0.4) is 0 Å². The van der Waals surface area contributed by atoms with Crippen molar-refractivity contribution in [3.8, 4) is 0 Å². The maximum Gasteiger partial charge on any atom is 0.261 e. The number of carbonyl (C=O) groups is 2. The fourth-order valence-electron chi connectivity index (χ4n) is 4.11. The lowest BCUT2D eigenvalue weighted by Crippen LogP contribution is -2.54. The van der Waals surface area contributed by atoms with Gasteiger partial charge in [0.2, 0.25) is 5.91 Å². The van der Waals surface area contributed by atoms with Crippen LogP contribution in [0, 0.1) is 0 Å². The van der Waals surface area contributed by atoms with E-state index in [1.807, 2.05) is 42.5 Å². The molecule has 1 aliphatic carbocycles. The number of hydrogen-bond acceptors (Lipinski definition) is 3. The molecule has 162 valence electrons. The van der Waals surface area contributed by atoms with E-state index >= 15 is 0 Å². The van der Waals surface area contributed by atoms with Crippen LogP contribution in [0.2, 0.25) is 10.0 Å². The van der Waals surface area contributed by atoms with Gasteiger partial charge in [-0.3, -0.25) is 9.59 Å². The zero-order chi connectivity index (χ0) is 21.8. The molecule has 4 rings (SSSR count). The maximum absolute atomic E-state index is 13.3. The van der Waals surface area contributed by atoms with Crippen LogP contribution in [0.25, 0.3) is 6.08 Å². The Balaban J connectivity index is 1.49. The number of fused-ring (bicyclic) bond motifs is 1. The van der Waals surface area contributed by atoms with Gasteiger partial charge >= 0.3 is 0 Å². The Morgan fingerprint density at radius 3 is 2.61 bits per heavy atom. The molecule has 4 nitrogen and oxygen atoms in total. The van der Waals surface area contributed by atoms with Gasteiger partial charge in [0, 0.05) is 27.9 Å². The predicted octanol–water partition coefficient (Wildman–Crippen LogP) is 5.54. The Bertz CT molecular complexity index is 993. The molecule has 1 N–H and O–H groups in total. The van der Waals surface area contributed by atoms with Crippen molar-refractivity contribution in [2.45, 2.75) is 43.5 Å². The standard InChI is InChI=1S/C24H24Cl2N2O2S/c25-18-11-9-16(10-12-18)14-27-23(29)15-28-20-7-3-4-8-21(20)31-22(24(28)30)13-17-5-1-2-6-19(17)26/h1-2,5-6,9-13,20-21H,3-4,7-8,14-15H2,(H,27,29)/b22-13+. The van der Waals surface area contributed by atoms with Crippen LogP contribution in [0.1, 0.15) is 36.8 Å². The summed E-state index contributed by atoms with van der Waals surface area (Å²) in [5, 5.41) is 4.51. The lowest BCUT2D eigenvalue weighted by molar-refractivity contribution is -0.135. The summed E-state index contributed by atoms with van der Waals surface area (Å²) in [5.41, 5.74) is 1.79. The van der Waals surface area contributed by atoms with E-state index in [0.717, 1.165) is 36.8 Å². The van der Waals surface area contributed by atoms with Crippen molar-refractivity contribution in [3.63, 3.8) is 0 Å². The Kier molecular flexibility index (Phi) is 7.26. The van der Waals surface area contributed by atoms with Gasteiger partial charge in [0.15, 0.2) is 0 Å². The summed E-state index contributed by atoms with van der Waals surface area (Å²) in [6, 6.07) is 14.9. The Labute approximate surface area is 197 Å². The first-order valence-electron chi connectivity index (χ1n) is 10.5. The zero-order valence-electron chi connectivity index (χ0n) is 17.0. The molecule has 2 aromatic rings. The van der Waals surface area contributed by atoms with Crippen molar-refractivity contribution in [1.29, 1.82) is 0 Å². The van der Waals surface area contributed by atoms with Gasteiger partial charge in [0.1, 0.15) is 6.54 Å². The van der Waals surface area contributed by atoms with Crippen LogP contribution in [-0.4, -0.2) is 34.6 Å². The molecule has 31 heavy (non-hydrogen) atoms. The normalized spacial score (nSPS) is 22.3. The second-order valence-corrected chi connectivity index (χ2v) is 10.00. The van der Waals surface area contributed by atoms with Gasteiger partial charge in [0.05, 0.1) is 4.91 Å². The molecule has 1 saturated heterocycles. The zero-order valence-corrected chi connectivity index (χ0v) is 19.3. The van der Waals surface area contributed by atoms with E-state index < -0.39 is 0 Å². The molecule has 1 heterocycles. The lowest BCUT2D eigenvalue weighted by atomic mass is 9.93. The van der Waals surface area contributed by atoms with Crippen LogP contribution in [-0.2, 0) is 16.1 Å². The number of nitrogens with zero attached hydrogens (tertiary/aromatic N) is 1. The minimum Gasteiger partial charge on any atom is -0.350 e. The molecule has 0 spiro atoms. The molecule has 2 aliphatic rings. The summed E-state index contributed by atoms with van der Waals surface area (Å²) in [6.07, 6.45) is 6.08. The molecule has 1 saturated carbocycles.